The van der Waals surface area contributed by atoms with Crippen LogP contribution in [0.15, 0.2) is 6.33 Å². The van der Waals surface area contributed by atoms with Crippen LogP contribution in [0, 0.1) is 0 Å². The molecule has 2 aromatic heterocycles. The second kappa shape index (κ2) is 9.05. The molecule has 0 radical (unpaired) electrons. The molecule has 6 N–H and O–H groups in total. The Balaban J connectivity index is 1.59. The molecule has 2 fully saturated rings. The minimum atomic E-state index is 0.338. The molecule has 2 aromatic rings. The number of aromatic nitrogens is 4. The predicted octanol–water partition coefficient (Wildman–Crippen LogP) is 2.77. The maximum absolute atomic E-state index is 6.05. The number of anilines is 2. The van der Waals surface area contributed by atoms with E-state index in [9.17, 15) is 0 Å². The van der Waals surface area contributed by atoms with Gasteiger partial charge in [0.2, 0.25) is 5.95 Å². The van der Waals surface area contributed by atoms with Crippen LogP contribution >= 0.6 is 0 Å². The Morgan fingerprint density at radius 1 is 1.04 bits per heavy atom. The SMILES string of the molecule is NCCCCNc1nc(NC2CCC(N)CC2)nc2c1ncn2C1CCCC1. The molecule has 8 nitrogen and oxygen atoms in total. The van der Waals surface area contributed by atoms with Gasteiger partial charge >= 0.3 is 0 Å². The molecule has 0 amide bonds. The van der Waals surface area contributed by atoms with Crippen molar-refractivity contribution in [3.63, 3.8) is 0 Å². The summed E-state index contributed by atoms with van der Waals surface area (Å²) < 4.78 is 2.26. The van der Waals surface area contributed by atoms with E-state index < -0.39 is 0 Å². The third-order valence-corrected chi connectivity index (χ3v) is 6.17. The van der Waals surface area contributed by atoms with Gasteiger partial charge < -0.3 is 26.7 Å². The van der Waals surface area contributed by atoms with Crippen LogP contribution in [0.3, 0.4) is 0 Å². The molecule has 0 unspecified atom stereocenters. The molecule has 0 bridgehead atoms. The topological polar surface area (TPSA) is 120 Å². The summed E-state index contributed by atoms with van der Waals surface area (Å²) in [4.78, 5) is 14.3. The zero-order valence-corrected chi connectivity index (χ0v) is 16.7. The highest BCUT2D eigenvalue weighted by Crippen LogP contribution is 2.33. The van der Waals surface area contributed by atoms with Crippen molar-refractivity contribution >= 4 is 22.9 Å². The van der Waals surface area contributed by atoms with Crippen LogP contribution in [0.4, 0.5) is 11.8 Å². The molecule has 0 atom stereocenters. The Bertz CT molecular complexity index is 759. The monoisotopic (exact) mass is 386 g/mol. The molecule has 0 aromatic carbocycles. The fourth-order valence-electron chi connectivity index (χ4n) is 4.48. The molecule has 28 heavy (non-hydrogen) atoms. The lowest BCUT2D eigenvalue weighted by Gasteiger charge is -2.27. The first-order chi connectivity index (χ1) is 13.7. The second-order valence-electron chi connectivity index (χ2n) is 8.34. The van der Waals surface area contributed by atoms with Gasteiger partial charge in [0, 0.05) is 24.7 Å². The number of nitrogens with one attached hydrogen (secondary N) is 2. The van der Waals surface area contributed by atoms with Crippen LogP contribution in [-0.2, 0) is 0 Å². The number of unbranched alkanes of at least 4 members (excludes halogenated alkanes) is 1. The quantitative estimate of drug-likeness (QED) is 0.515. The van der Waals surface area contributed by atoms with Gasteiger partial charge in [-0.1, -0.05) is 12.8 Å². The summed E-state index contributed by atoms with van der Waals surface area (Å²) in [6.07, 6.45) is 13.2. The minimum Gasteiger partial charge on any atom is -0.368 e. The highest BCUT2D eigenvalue weighted by Gasteiger charge is 2.23. The smallest absolute Gasteiger partial charge is 0.227 e. The molecule has 8 heteroatoms. The minimum absolute atomic E-state index is 0.338. The van der Waals surface area contributed by atoms with E-state index in [4.69, 9.17) is 21.4 Å². The lowest BCUT2D eigenvalue weighted by molar-refractivity contribution is 0.410. The van der Waals surface area contributed by atoms with E-state index in [0.717, 1.165) is 62.1 Å². The van der Waals surface area contributed by atoms with Gasteiger partial charge in [0.25, 0.3) is 0 Å². The van der Waals surface area contributed by atoms with Gasteiger partial charge in [-0.25, -0.2) is 4.98 Å². The summed E-state index contributed by atoms with van der Waals surface area (Å²) >= 11 is 0. The summed E-state index contributed by atoms with van der Waals surface area (Å²) in [5.74, 6) is 1.53. The zero-order chi connectivity index (χ0) is 19.3. The lowest BCUT2D eigenvalue weighted by atomic mass is 9.92. The average molecular weight is 387 g/mol. The van der Waals surface area contributed by atoms with Crippen LogP contribution in [0.25, 0.3) is 11.2 Å². The van der Waals surface area contributed by atoms with E-state index in [1.165, 1.54) is 25.7 Å². The van der Waals surface area contributed by atoms with Gasteiger partial charge in [-0.15, -0.1) is 0 Å². The summed E-state index contributed by atoms with van der Waals surface area (Å²) in [5, 5.41) is 7.03. The van der Waals surface area contributed by atoms with E-state index in [1.807, 2.05) is 6.33 Å². The van der Waals surface area contributed by atoms with E-state index >= 15 is 0 Å². The summed E-state index contributed by atoms with van der Waals surface area (Å²) in [7, 11) is 0. The van der Waals surface area contributed by atoms with Crippen molar-refractivity contribution in [2.24, 2.45) is 11.5 Å². The maximum atomic E-state index is 6.05. The number of nitrogens with zero attached hydrogens (tertiary/aromatic N) is 4. The highest BCUT2D eigenvalue weighted by atomic mass is 15.2. The first-order valence-corrected chi connectivity index (χ1v) is 10.9. The number of imidazole rings is 1. The molecule has 0 spiro atoms. The number of hydrogen-bond donors (Lipinski definition) is 4. The number of hydrogen-bond acceptors (Lipinski definition) is 7. The molecule has 4 rings (SSSR count). The highest BCUT2D eigenvalue weighted by molar-refractivity contribution is 5.84. The normalized spacial score (nSPS) is 23.4. The Morgan fingerprint density at radius 3 is 2.57 bits per heavy atom. The third kappa shape index (κ3) is 4.38. The predicted molar refractivity (Wildman–Crippen MR) is 113 cm³/mol. The largest absolute Gasteiger partial charge is 0.368 e. The fraction of sp³-hybridized carbons (Fsp3) is 0.750. The first-order valence-electron chi connectivity index (χ1n) is 10.9. The Kier molecular flexibility index (Phi) is 6.26. The van der Waals surface area contributed by atoms with Gasteiger partial charge in [0.15, 0.2) is 17.0 Å². The lowest BCUT2D eigenvalue weighted by Crippen LogP contribution is -2.33. The maximum Gasteiger partial charge on any atom is 0.227 e. The molecular weight excluding hydrogens is 352 g/mol. The Morgan fingerprint density at radius 2 is 1.82 bits per heavy atom. The molecule has 2 aliphatic carbocycles. The summed E-state index contributed by atoms with van der Waals surface area (Å²) in [5.41, 5.74) is 13.5. The fourth-order valence-corrected chi connectivity index (χ4v) is 4.48. The van der Waals surface area contributed by atoms with Crippen molar-refractivity contribution in [2.75, 3.05) is 23.7 Å². The molecule has 2 saturated carbocycles. The van der Waals surface area contributed by atoms with Crippen LogP contribution in [0.1, 0.15) is 70.3 Å². The number of fused-ring (bicyclic) bond motifs is 1. The summed E-state index contributed by atoms with van der Waals surface area (Å²) in [6, 6.07) is 1.24. The third-order valence-electron chi connectivity index (χ3n) is 6.17. The molecule has 0 aliphatic heterocycles. The van der Waals surface area contributed by atoms with Crippen LogP contribution in [0.2, 0.25) is 0 Å². The van der Waals surface area contributed by atoms with E-state index in [1.54, 1.807) is 0 Å². The molecule has 154 valence electrons. The van der Waals surface area contributed by atoms with Crippen molar-refractivity contribution in [1.82, 2.24) is 19.5 Å². The first kappa shape index (κ1) is 19.4. The van der Waals surface area contributed by atoms with Crippen molar-refractivity contribution in [1.29, 1.82) is 0 Å². The molecular formula is C20H34N8. The number of nitrogens with two attached hydrogens (primary N) is 2. The van der Waals surface area contributed by atoms with Crippen LogP contribution in [-0.4, -0.2) is 44.7 Å². The standard InChI is InChI=1S/C20H34N8/c21-11-3-4-12-23-18-17-19(28(13-24-17)16-5-1-2-6-16)27-20(26-18)25-15-9-7-14(22)8-10-15/h13-16H,1-12,21-22H2,(H2,23,25,26,27). The van der Waals surface area contributed by atoms with Crippen molar-refractivity contribution in [3.8, 4) is 0 Å². The summed E-state index contributed by atoms with van der Waals surface area (Å²) in [6.45, 7) is 1.56. The van der Waals surface area contributed by atoms with E-state index in [-0.39, 0.29) is 0 Å². The zero-order valence-electron chi connectivity index (χ0n) is 16.7. The van der Waals surface area contributed by atoms with Gasteiger partial charge in [0.1, 0.15) is 0 Å². The van der Waals surface area contributed by atoms with Gasteiger partial charge in [-0.2, -0.15) is 9.97 Å². The van der Waals surface area contributed by atoms with Gasteiger partial charge in [0.05, 0.1) is 6.33 Å². The van der Waals surface area contributed by atoms with Crippen molar-refractivity contribution in [3.05, 3.63) is 6.33 Å². The number of rotatable bonds is 8. The Hall–Kier alpha value is -1.93. The van der Waals surface area contributed by atoms with Crippen LogP contribution in [0.5, 0.6) is 0 Å². The van der Waals surface area contributed by atoms with E-state index in [2.05, 4.69) is 20.2 Å². The molecule has 0 saturated heterocycles. The van der Waals surface area contributed by atoms with Gasteiger partial charge in [-0.3, -0.25) is 0 Å². The van der Waals surface area contributed by atoms with Crippen LogP contribution < -0.4 is 22.1 Å². The van der Waals surface area contributed by atoms with Gasteiger partial charge in [-0.05, 0) is 57.9 Å². The van der Waals surface area contributed by atoms with E-state index in [0.29, 0.717) is 30.6 Å². The van der Waals surface area contributed by atoms with Crippen molar-refractivity contribution < 1.29 is 0 Å². The Labute approximate surface area is 166 Å². The molecule has 2 aliphatic rings. The average Bonchev–Trinajstić information content (AvgIpc) is 3.36. The second-order valence-corrected chi connectivity index (χ2v) is 8.34. The van der Waals surface area contributed by atoms with Crippen molar-refractivity contribution in [2.45, 2.75) is 82.3 Å². The molecule has 2 heterocycles.